The summed E-state index contributed by atoms with van der Waals surface area (Å²) in [6.45, 7) is 0.522. The zero-order chi connectivity index (χ0) is 24.9. The van der Waals surface area contributed by atoms with Crippen molar-refractivity contribution in [1.82, 2.24) is 4.90 Å². The van der Waals surface area contributed by atoms with E-state index < -0.39 is 5.91 Å². The molecule has 184 valence electrons. The van der Waals surface area contributed by atoms with E-state index in [2.05, 4.69) is 5.32 Å². The lowest BCUT2D eigenvalue weighted by Gasteiger charge is -2.14. The Morgan fingerprint density at radius 3 is 2.63 bits per heavy atom. The fourth-order valence-corrected chi connectivity index (χ4v) is 6.98. The molecule has 6 nitrogen and oxygen atoms in total. The lowest BCUT2D eigenvalue weighted by atomic mass is 9.95. The Morgan fingerprint density at radius 1 is 1.14 bits per heavy atom. The zero-order valence-electron chi connectivity index (χ0n) is 19.1. The van der Waals surface area contributed by atoms with Crippen molar-refractivity contribution in [3.63, 3.8) is 0 Å². The first-order valence-corrected chi connectivity index (χ1v) is 14.0. The minimum absolute atomic E-state index is 0.0895. The molecule has 0 spiro atoms. The van der Waals surface area contributed by atoms with Crippen molar-refractivity contribution >= 4 is 80.0 Å². The SMILES string of the molecule is NC(=O)c1c(NC(=O)CCCCCN2C(=O)/C(=C/c3ccc(Cl)cc3)SC2=S)sc2c1CCCC2. The maximum Gasteiger partial charge on any atom is 0.266 e. The third-order valence-electron chi connectivity index (χ3n) is 6.00. The second kappa shape index (κ2) is 11.7. The van der Waals surface area contributed by atoms with Gasteiger partial charge in [-0.05, 0) is 67.9 Å². The fraction of sp³-hybridized carbons (Fsp3) is 0.360. The summed E-state index contributed by atoms with van der Waals surface area (Å²) in [7, 11) is 0. The highest BCUT2D eigenvalue weighted by atomic mass is 35.5. The molecule has 10 heteroatoms. The Kier molecular flexibility index (Phi) is 8.64. The van der Waals surface area contributed by atoms with E-state index in [9.17, 15) is 14.4 Å². The Hall–Kier alpha value is -2.20. The normalized spacial score (nSPS) is 16.6. The molecule has 2 aromatic rings. The number of thioether (sulfide) groups is 1. The molecule has 1 fully saturated rings. The molecular formula is C25H26ClN3O3S3. The van der Waals surface area contributed by atoms with Gasteiger partial charge in [-0.1, -0.05) is 54.1 Å². The van der Waals surface area contributed by atoms with E-state index in [1.165, 1.54) is 23.1 Å². The molecule has 0 saturated carbocycles. The molecule has 1 aliphatic heterocycles. The summed E-state index contributed by atoms with van der Waals surface area (Å²) in [5, 5.41) is 4.13. The lowest BCUT2D eigenvalue weighted by Crippen LogP contribution is -2.29. The van der Waals surface area contributed by atoms with Crippen molar-refractivity contribution in [2.45, 2.75) is 51.4 Å². The number of halogens is 1. The van der Waals surface area contributed by atoms with Gasteiger partial charge in [0.1, 0.15) is 9.32 Å². The van der Waals surface area contributed by atoms with Gasteiger partial charge in [0.05, 0.1) is 10.5 Å². The number of anilines is 1. The summed E-state index contributed by atoms with van der Waals surface area (Å²) in [6.07, 6.45) is 8.28. The average Bonchev–Trinajstić information content (AvgIpc) is 3.31. The van der Waals surface area contributed by atoms with Gasteiger partial charge in [-0.3, -0.25) is 19.3 Å². The molecule has 1 aromatic heterocycles. The number of hydrogen-bond acceptors (Lipinski definition) is 6. The van der Waals surface area contributed by atoms with E-state index in [0.717, 1.165) is 54.5 Å². The highest BCUT2D eigenvalue weighted by Gasteiger charge is 2.31. The van der Waals surface area contributed by atoms with Gasteiger partial charge in [0, 0.05) is 22.9 Å². The Morgan fingerprint density at radius 2 is 1.89 bits per heavy atom. The van der Waals surface area contributed by atoms with Crippen molar-refractivity contribution in [3.8, 4) is 0 Å². The number of nitrogens with one attached hydrogen (secondary N) is 1. The Balaban J connectivity index is 1.23. The van der Waals surface area contributed by atoms with Crippen LogP contribution >= 0.6 is 46.9 Å². The van der Waals surface area contributed by atoms with Gasteiger partial charge in [-0.2, -0.15) is 0 Å². The van der Waals surface area contributed by atoms with E-state index in [1.54, 1.807) is 17.0 Å². The second-order valence-corrected chi connectivity index (χ2v) is 11.7. The number of thiophene rings is 1. The average molecular weight is 548 g/mol. The first-order chi connectivity index (χ1) is 16.8. The number of benzene rings is 1. The topological polar surface area (TPSA) is 92.5 Å². The predicted octanol–water partition coefficient (Wildman–Crippen LogP) is 5.78. The number of carbonyl (C=O) groups excluding carboxylic acids is 3. The molecule has 1 aliphatic carbocycles. The summed E-state index contributed by atoms with van der Waals surface area (Å²) in [4.78, 5) is 40.6. The molecule has 3 N–H and O–H groups in total. The molecule has 35 heavy (non-hydrogen) atoms. The van der Waals surface area contributed by atoms with Crippen molar-refractivity contribution in [2.75, 3.05) is 11.9 Å². The molecule has 0 radical (unpaired) electrons. The van der Waals surface area contributed by atoms with E-state index in [1.807, 2.05) is 18.2 Å². The summed E-state index contributed by atoms with van der Waals surface area (Å²) < 4.78 is 0.550. The van der Waals surface area contributed by atoms with Gasteiger partial charge in [-0.15, -0.1) is 11.3 Å². The monoisotopic (exact) mass is 547 g/mol. The summed E-state index contributed by atoms with van der Waals surface area (Å²) in [5.41, 5.74) is 7.99. The highest BCUT2D eigenvalue weighted by molar-refractivity contribution is 8.26. The van der Waals surface area contributed by atoms with Crippen LogP contribution in [0.25, 0.3) is 6.08 Å². The fourth-order valence-electron chi connectivity index (χ4n) is 4.24. The first kappa shape index (κ1) is 25.9. The van der Waals surface area contributed by atoms with Crippen molar-refractivity contribution in [3.05, 3.63) is 55.8 Å². The van der Waals surface area contributed by atoms with E-state index in [4.69, 9.17) is 29.6 Å². The van der Waals surface area contributed by atoms with Crippen LogP contribution in [-0.4, -0.2) is 33.5 Å². The van der Waals surface area contributed by atoms with Crippen LogP contribution in [0.4, 0.5) is 5.00 Å². The zero-order valence-corrected chi connectivity index (χ0v) is 22.3. The van der Waals surface area contributed by atoms with E-state index >= 15 is 0 Å². The number of thiocarbonyl (C=S) groups is 1. The largest absolute Gasteiger partial charge is 0.365 e. The highest BCUT2D eigenvalue weighted by Crippen LogP contribution is 2.38. The van der Waals surface area contributed by atoms with Crippen LogP contribution in [0, 0.1) is 0 Å². The Bertz CT molecular complexity index is 1190. The number of primary amides is 1. The van der Waals surface area contributed by atoms with Crippen molar-refractivity contribution in [2.24, 2.45) is 5.73 Å². The van der Waals surface area contributed by atoms with Crippen LogP contribution < -0.4 is 11.1 Å². The smallest absolute Gasteiger partial charge is 0.266 e. The number of amides is 3. The molecular weight excluding hydrogens is 522 g/mol. The molecule has 0 unspecified atom stereocenters. The molecule has 0 bridgehead atoms. The number of fused-ring (bicyclic) bond motifs is 1. The van der Waals surface area contributed by atoms with Crippen LogP contribution in [0.2, 0.25) is 5.02 Å². The predicted molar refractivity (Wildman–Crippen MR) is 148 cm³/mol. The third kappa shape index (κ3) is 6.33. The van der Waals surface area contributed by atoms with Crippen LogP contribution in [0.15, 0.2) is 29.2 Å². The number of carbonyl (C=O) groups is 3. The number of aryl methyl sites for hydroxylation is 1. The Labute approximate surface area is 223 Å². The molecule has 2 heterocycles. The molecule has 3 amide bonds. The maximum absolute atomic E-state index is 12.8. The second-order valence-electron chi connectivity index (χ2n) is 8.52. The third-order valence-corrected chi connectivity index (χ3v) is 8.83. The summed E-state index contributed by atoms with van der Waals surface area (Å²) in [5.74, 6) is -0.691. The van der Waals surface area contributed by atoms with E-state index in [-0.39, 0.29) is 11.8 Å². The van der Waals surface area contributed by atoms with Crippen LogP contribution in [0.3, 0.4) is 0 Å². The van der Waals surface area contributed by atoms with Gasteiger partial charge >= 0.3 is 0 Å². The first-order valence-electron chi connectivity index (χ1n) is 11.6. The molecule has 0 atom stereocenters. The van der Waals surface area contributed by atoms with Crippen LogP contribution in [-0.2, 0) is 22.4 Å². The molecule has 4 rings (SSSR count). The quantitative estimate of drug-likeness (QED) is 0.236. The molecule has 2 aliphatic rings. The number of unbranched alkanes of at least 4 members (excludes halogenated alkanes) is 2. The molecule has 1 aromatic carbocycles. The van der Waals surface area contributed by atoms with Gasteiger partial charge in [0.2, 0.25) is 5.91 Å². The van der Waals surface area contributed by atoms with Crippen LogP contribution in [0.1, 0.15) is 64.9 Å². The van der Waals surface area contributed by atoms with Gasteiger partial charge in [0.15, 0.2) is 0 Å². The minimum Gasteiger partial charge on any atom is -0.365 e. The molecule has 1 saturated heterocycles. The van der Waals surface area contributed by atoms with E-state index in [0.29, 0.717) is 44.2 Å². The summed E-state index contributed by atoms with van der Waals surface area (Å²) >= 11 is 14.1. The number of rotatable bonds is 9. The standard InChI is InChI=1S/C25H26ClN3O3S3/c26-16-11-9-15(10-12-16)14-19-24(32)29(25(33)35-19)13-5-1-2-8-20(30)28-23-21(22(27)31)17-6-3-4-7-18(17)34-23/h9-12,14H,1-8,13H2,(H2,27,31)(H,28,30)/b19-14-. The number of nitrogens with zero attached hydrogens (tertiary/aromatic N) is 1. The van der Waals surface area contributed by atoms with Gasteiger partial charge in [-0.25, -0.2) is 0 Å². The number of hydrogen-bond donors (Lipinski definition) is 2. The van der Waals surface area contributed by atoms with Crippen LogP contribution in [0.5, 0.6) is 0 Å². The maximum atomic E-state index is 12.8. The minimum atomic E-state index is -0.478. The van der Waals surface area contributed by atoms with Crippen molar-refractivity contribution < 1.29 is 14.4 Å². The van der Waals surface area contributed by atoms with Crippen molar-refractivity contribution in [1.29, 1.82) is 0 Å². The lowest BCUT2D eigenvalue weighted by molar-refractivity contribution is -0.122. The number of nitrogens with two attached hydrogens (primary N) is 1. The van der Waals surface area contributed by atoms with Gasteiger partial charge < -0.3 is 11.1 Å². The summed E-state index contributed by atoms with van der Waals surface area (Å²) in [6, 6.07) is 7.28. The van der Waals surface area contributed by atoms with Gasteiger partial charge in [0.25, 0.3) is 11.8 Å².